The average Bonchev–Trinajstić information content (AvgIpc) is 2.82. The molecule has 0 saturated carbocycles. The molecular formula is C14H14BrCl2NS. The fraction of sp³-hybridized carbons (Fsp3) is 0.357. The van der Waals surface area contributed by atoms with Crippen LogP contribution in [0.25, 0.3) is 0 Å². The first kappa shape index (κ1) is 15.3. The van der Waals surface area contributed by atoms with Gasteiger partial charge in [-0.15, -0.1) is 34.5 Å². The molecule has 1 heterocycles. The molecule has 1 aromatic carbocycles. The van der Waals surface area contributed by atoms with Crippen molar-refractivity contribution >= 4 is 50.5 Å². The van der Waals surface area contributed by atoms with Crippen molar-refractivity contribution in [1.29, 1.82) is 0 Å². The predicted octanol–water partition coefficient (Wildman–Crippen LogP) is 5.17. The number of aryl methyl sites for hydroxylation is 1. The summed E-state index contributed by atoms with van der Waals surface area (Å²) in [4.78, 5) is 4.53. The van der Waals surface area contributed by atoms with Crippen LogP contribution in [0, 0.1) is 6.92 Å². The number of alkyl halides is 2. The minimum absolute atomic E-state index is 0.284. The molecule has 0 amide bonds. The van der Waals surface area contributed by atoms with Gasteiger partial charge in [0.25, 0.3) is 0 Å². The molecule has 0 aliphatic heterocycles. The fourth-order valence-electron chi connectivity index (χ4n) is 2.03. The molecule has 1 nitrogen and oxygen atoms in total. The third-order valence-electron chi connectivity index (χ3n) is 3.11. The zero-order valence-electron chi connectivity index (χ0n) is 10.5. The predicted molar refractivity (Wildman–Crippen MR) is 87.8 cm³/mol. The van der Waals surface area contributed by atoms with Crippen LogP contribution in [0.4, 0.5) is 0 Å². The third kappa shape index (κ3) is 3.33. The van der Waals surface area contributed by atoms with Crippen molar-refractivity contribution in [2.24, 2.45) is 0 Å². The maximum Gasteiger partial charge on any atom is 0.0937 e. The molecule has 0 saturated heterocycles. The van der Waals surface area contributed by atoms with Gasteiger partial charge in [-0.25, -0.2) is 4.98 Å². The van der Waals surface area contributed by atoms with Crippen LogP contribution in [0.2, 0.25) is 0 Å². The number of nitrogens with zero attached hydrogens (tertiary/aromatic N) is 1. The van der Waals surface area contributed by atoms with Gasteiger partial charge in [-0.1, -0.05) is 34.1 Å². The van der Waals surface area contributed by atoms with Gasteiger partial charge in [0.05, 0.1) is 5.01 Å². The van der Waals surface area contributed by atoms with E-state index in [1.807, 2.05) is 25.1 Å². The second-order valence-corrected chi connectivity index (χ2v) is 6.92. The quantitative estimate of drug-likeness (QED) is 0.653. The van der Waals surface area contributed by atoms with Crippen molar-refractivity contribution in [3.63, 3.8) is 0 Å². The lowest BCUT2D eigenvalue weighted by Gasteiger charge is -2.30. The van der Waals surface area contributed by atoms with Crippen LogP contribution in [0.1, 0.15) is 16.3 Å². The molecule has 0 atom stereocenters. The SMILES string of the molecule is Cc1csc(CC(CCl)(CCl)c2ccccc2Br)n1. The Balaban J connectivity index is 2.40. The van der Waals surface area contributed by atoms with E-state index in [9.17, 15) is 0 Å². The highest BCUT2D eigenvalue weighted by Gasteiger charge is 2.33. The van der Waals surface area contributed by atoms with Crippen molar-refractivity contribution in [2.75, 3.05) is 11.8 Å². The fourth-order valence-corrected chi connectivity index (χ4v) is 4.42. The molecule has 19 heavy (non-hydrogen) atoms. The normalized spacial score (nSPS) is 11.8. The highest BCUT2D eigenvalue weighted by Crippen LogP contribution is 2.36. The summed E-state index contributed by atoms with van der Waals surface area (Å²) in [6, 6.07) is 8.11. The first-order valence-corrected chi connectivity index (χ1v) is 8.63. The van der Waals surface area contributed by atoms with Crippen molar-refractivity contribution in [3.05, 3.63) is 50.4 Å². The van der Waals surface area contributed by atoms with Crippen LogP contribution < -0.4 is 0 Å². The van der Waals surface area contributed by atoms with Gasteiger partial charge in [0.2, 0.25) is 0 Å². The molecule has 2 aromatic rings. The van der Waals surface area contributed by atoms with E-state index in [1.165, 1.54) is 0 Å². The highest BCUT2D eigenvalue weighted by molar-refractivity contribution is 9.10. The lowest BCUT2D eigenvalue weighted by atomic mass is 9.81. The Labute approximate surface area is 136 Å². The van der Waals surface area contributed by atoms with Crippen LogP contribution in [0.3, 0.4) is 0 Å². The Bertz CT molecular complexity index is 552. The maximum absolute atomic E-state index is 6.26. The van der Waals surface area contributed by atoms with Gasteiger partial charge in [0.15, 0.2) is 0 Å². The number of rotatable bonds is 5. The Morgan fingerprint density at radius 2 is 1.95 bits per heavy atom. The summed E-state index contributed by atoms with van der Waals surface area (Å²) in [6.07, 6.45) is 0.765. The van der Waals surface area contributed by atoms with E-state index in [1.54, 1.807) is 11.3 Å². The first-order valence-electron chi connectivity index (χ1n) is 5.89. The van der Waals surface area contributed by atoms with Crippen LogP contribution >= 0.6 is 50.5 Å². The zero-order chi connectivity index (χ0) is 13.9. The monoisotopic (exact) mass is 377 g/mol. The lowest BCUT2D eigenvalue weighted by molar-refractivity contribution is 0.532. The van der Waals surface area contributed by atoms with Gasteiger partial charge in [-0.3, -0.25) is 0 Å². The van der Waals surface area contributed by atoms with Crippen LogP contribution in [0.15, 0.2) is 34.1 Å². The van der Waals surface area contributed by atoms with Gasteiger partial charge in [-0.2, -0.15) is 0 Å². The zero-order valence-corrected chi connectivity index (χ0v) is 14.4. The number of halogens is 3. The van der Waals surface area contributed by atoms with E-state index in [2.05, 4.69) is 32.4 Å². The first-order chi connectivity index (χ1) is 9.11. The average molecular weight is 379 g/mol. The van der Waals surface area contributed by atoms with Gasteiger partial charge in [0, 0.05) is 39.1 Å². The summed E-state index contributed by atoms with van der Waals surface area (Å²) >= 11 is 17.8. The molecule has 102 valence electrons. The highest BCUT2D eigenvalue weighted by atomic mass is 79.9. The van der Waals surface area contributed by atoms with E-state index in [-0.39, 0.29) is 5.41 Å². The molecule has 0 fully saturated rings. The summed E-state index contributed by atoms with van der Waals surface area (Å²) in [6.45, 7) is 2.00. The number of aromatic nitrogens is 1. The number of hydrogen-bond acceptors (Lipinski definition) is 2. The van der Waals surface area contributed by atoms with Gasteiger partial charge < -0.3 is 0 Å². The Morgan fingerprint density at radius 3 is 2.47 bits per heavy atom. The number of thiazole rings is 1. The van der Waals surface area contributed by atoms with Crippen molar-refractivity contribution in [1.82, 2.24) is 4.98 Å². The molecule has 0 unspecified atom stereocenters. The van der Waals surface area contributed by atoms with Gasteiger partial charge in [-0.05, 0) is 18.6 Å². The molecular weight excluding hydrogens is 365 g/mol. The van der Waals surface area contributed by atoms with Crippen molar-refractivity contribution < 1.29 is 0 Å². The maximum atomic E-state index is 6.26. The summed E-state index contributed by atoms with van der Waals surface area (Å²) in [5, 5.41) is 3.14. The van der Waals surface area contributed by atoms with Crippen LogP contribution in [-0.4, -0.2) is 16.7 Å². The standard InChI is InChI=1S/C14H14BrCl2NS/c1-10-7-19-13(18-10)6-14(8-16,9-17)11-4-2-3-5-12(11)15/h2-5,7H,6,8-9H2,1H3. The summed E-state index contributed by atoms with van der Waals surface area (Å²) < 4.78 is 1.05. The minimum Gasteiger partial charge on any atom is -0.247 e. The molecule has 0 radical (unpaired) electrons. The molecule has 0 aliphatic rings. The van der Waals surface area contributed by atoms with Gasteiger partial charge >= 0.3 is 0 Å². The summed E-state index contributed by atoms with van der Waals surface area (Å²) in [7, 11) is 0. The molecule has 0 bridgehead atoms. The smallest absolute Gasteiger partial charge is 0.0937 e. The second-order valence-electron chi connectivity index (χ2n) is 4.59. The number of benzene rings is 1. The van der Waals surface area contributed by atoms with Gasteiger partial charge in [0.1, 0.15) is 0 Å². The van der Waals surface area contributed by atoms with Crippen molar-refractivity contribution in [3.8, 4) is 0 Å². The van der Waals surface area contributed by atoms with E-state index >= 15 is 0 Å². The molecule has 2 rings (SSSR count). The Kier molecular flexibility index (Phi) is 5.29. The lowest BCUT2D eigenvalue weighted by Crippen LogP contribution is -2.33. The van der Waals surface area contributed by atoms with Crippen molar-refractivity contribution in [2.45, 2.75) is 18.8 Å². The summed E-state index contributed by atoms with van der Waals surface area (Å²) in [5.74, 6) is 0.940. The van der Waals surface area contributed by atoms with E-state index in [0.717, 1.165) is 27.2 Å². The second kappa shape index (κ2) is 6.57. The van der Waals surface area contributed by atoms with E-state index in [0.29, 0.717) is 11.8 Å². The van der Waals surface area contributed by atoms with Crippen LogP contribution in [0.5, 0.6) is 0 Å². The minimum atomic E-state index is -0.284. The molecule has 0 spiro atoms. The number of hydrogen-bond donors (Lipinski definition) is 0. The van der Waals surface area contributed by atoms with E-state index < -0.39 is 0 Å². The largest absolute Gasteiger partial charge is 0.247 e. The molecule has 0 aliphatic carbocycles. The molecule has 1 aromatic heterocycles. The Morgan fingerprint density at radius 1 is 1.26 bits per heavy atom. The summed E-state index contributed by atoms with van der Waals surface area (Å²) in [5.41, 5.74) is 1.91. The Hall–Kier alpha value is -0.0900. The topological polar surface area (TPSA) is 12.9 Å². The van der Waals surface area contributed by atoms with E-state index in [4.69, 9.17) is 23.2 Å². The molecule has 0 N–H and O–H groups in total. The molecule has 5 heteroatoms. The van der Waals surface area contributed by atoms with Crippen LogP contribution in [-0.2, 0) is 11.8 Å². The third-order valence-corrected chi connectivity index (χ3v) is 5.79.